The molecule has 0 atom stereocenters. The van der Waals surface area contributed by atoms with Crippen molar-refractivity contribution in [2.45, 2.75) is 4.90 Å². The van der Waals surface area contributed by atoms with E-state index in [2.05, 4.69) is 10.3 Å². The zero-order valence-electron chi connectivity index (χ0n) is 13.6. The molecule has 0 aliphatic carbocycles. The van der Waals surface area contributed by atoms with E-state index in [4.69, 9.17) is 5.14 Å². The van der Waals surface area contributed by atoms with Crippen LogP contribution >= 0.6 is 12.4 Å². The fourth-order valence-electron chi connectivity index (χ4n) is 2.93. The van der Waals surface area contributed by atoms with Gasteiger partial charge in [0.1, 0.15) is 4.90 Å². The van der Waals surface area contributed by atoms with Gasteiger partial charge in [0.25, 0.3) is 0 Å². The molecule has 132 valence electrons. The van der Waals surface area contributed by atoms with E-state index in [9.17, 15) is 8.42 Å². The van der Waals surface area contributed by atoms with E-state index in [1.54, 1.807) is 18.2 Å². The monoisotopic (exact) mass is 385 g/mol. The Morgan fingerprint density at radius 3 is 1.85 bits per heavy atom. The maximum Gasteiger partial charge on any atom is 0.240 e. The summed E-state index contributed by atoms with van der Waals surface area (Å²) >= 11 is 0. The molecule has 0 saturated heterocycles. The van der Waals surface area contributed by atoms with Crippen LogP contribution in [0.5, 0.6) is 0 Å². The minimum atomic E-state index is -3.84. The van der Waals surface area contributed by atoms with Gasteiger partial charge in [-0.2, -0.15) is 0 Å². The fraction of sp³-hybridized carbons (Fsp3) is 0. The minimum Gasteiger partial charge on any atom is -0.353 e. The van der Waals surface area contributed by atoms with E-state index in [1.807, 2.05) is 48.5 Å². The van der Waals surface area contributed by atoms with Crippen LogP contribution in [0.15, 0.2) is 77.7 Å². The van der Waals surface area contributed by atoms with E-state index in [1.165, 1.54) is 6.07 Å². The van der Waals surface area contributed by atoms with Crippen LogP contribution in [-0.2, 0) is 10.0 Å². The Morgan fingerprint density at radius 2 is 1.27 bits per heavy atom. The molecule has 0 aliphatic heterocycles. The fourth-order valence-corrected chi connectivity index (χ4v) is 3.62. The number of anilines is 2. The van der Waals surface area contributed by atoms with Crippen molar-refractivity contribution in [1.82, 2.24) is 4.98 Å². The molecule has 0 bridgehead atoms. The van der Waals surface area contributed by atoms with E-state index in [0.29, 0.717) is 5.69 Å². The van der Waals surface area contributed by atoms with Crippen LogP contribution in [0.1, 0.15) is 0 Å². The lowest BCUT2D eigenvalue weighted by Gasteiger charge is -2.15. The molecule has 1 heterocycles. The summed E-state index contributed by atoms with van der Waals surface area (Å²) in [5.74, 6) is 0. The molecule has 7 heteroatoms. The van der Waals surface area contributed by atoms with Crippen molar-refractivity contribution in [2.24, 2.45) is 5.14 Å². The molecule has 3 N–H and O–H groups in total. The number of halogens is 1. The lowest BCUT2D eigenvalue weighted by Crippen LogP contribution is -2.14. The Hall–Kier alpha value is -2.67. The quantitative estimate of drug-likeness (QED) is 0.517. The summed E-state index contributed by atoms with van der Waals surface area (Å²) in [7, 11) is -3.84. The molecule has 0 amide bonds. The normalized spacial score (nSPS) is 11.3. The molecule has 4 rings (SSSR count). The molecule has 0 aliphatic rings. The third-order valence-corrected chi connectivity index (χ3v) is 5.01. The Kier molecular flexibility index (Phi) is 4.82. The highest BCUT2D eigenvalue weighted by molar-refractivity contribution is 7.89. The van der Waals surface area contributed by atoms with Gasteiger partial charge in [0.2, 0.25) is 10.0 Å². The minimum absolute atomic E-state index is 0. The molecule has 5 nitrogen and oxygen atoms in total. The summed E-state index contributed by atoms with van der Waals surface area (Å²) < 4.78 is 23.8. The Bertz CT molecular complexity index is 1160. The van der Waals surface area contributed by atoms with Gasteiger partial charge in [0.15, 0.2) is 0 Å². The maximum absolute atomic E-state index is 11.9. The first-order chi connectivity index (χ1) is 12.0. The smallest absolute Gasteiger partial charge is 0.240 e. The standard InChI is InChI=1S/C19H15N3O2S.ClH/c20-25(23,24)18-12-6-5-11-17(18)22-19-13-7-1-3-9-15(13)21-16-10-4-2-8-14(16)19;/h1-12H,(H,21,22)(H2,20,23,24);1H. The lowest BCUT2D eigenvalue weighted by atomic mass is 10.1. The van der Waals surface area contributed by atoms with Gasteiger partial charge < -0.3 is 5.32 Å². The first kappa shape index (κ1) is 18.1. The number of fused-ring (bicyclic) bond motifs is 2. The SMILES string of the molecule is Cl.NS(=O)(=O)c1ccccc1Nc1c2ccccc2nc2ccccc12. The highest BCUT2D eigenvalue weighted by Gasteiger charge is 2.15. The van der Waals surface area contributed by atoms with Crippen molar-refractivity contribution in [3.63, 3.8) is 0 Å². The number of nitrogens with zero attached hydrogens (tertiary/aromatic N) is 1. The number of aromatic nitrogens is 1. The zero-order chi connectivity index (χ0) is 17.4. The van der Waals surface area contributed by atoms with Crippen LogP contribution in [0, 0.1) is 0 Å². The average Bonchev–Trinajstić information content (AvgIpc) is 2.61. The first-order valence-corrected chi connectivity index (χ1v) is 9.25. The summed E-state index contributed by atoms with van der Waals surface area (Å²) in [5, 5.41) is 10.4. The number of rotatable bonds is 3. The molecule has 26 heavy (non-hydrogen) atoms. The average molecular weight is 386 g/mol. The number of primary sulfonamides is 1. The Balaban J connectivity index is 0.00000196. The van der Waals surface area contributed by atoms with Gasteiger partial charge in [-0.25, -0.2) is 18.5 Å². The van der Waals surface area contributed by atoms with Crippen LogP contribution in [0.3, 0.4) is 0 Å². The maximum atomic E-state index is 11.9. The van der Waals surface area contributed by atoms with Crippen molar-refractivity contribution in [2.75, 3.05) is 5.32 Å². The number of sulfonamides is 1. The molecular formula is C19H16ClN3O2S. The number of hydrogen-bond donors (Lipinski definition) is 2. The largest absolute Gasteiger partial charge is 0.353 e. The molecule has 3 aromatic carbocycles. The second-order valence-corrected chi connectivity index (χ2v) is 7.22. The van der Waals surface area contributed by atoms with E-state index in [-0.39, 0.29) is 17.3 Å². The van der Waals surface area contributed by atoms with E-state index in [0.717, 1.165) is 27.5 Å². The summed E-state index contributed by atoms with van der Waals surface area (Å²) in [6, 6.07) is 22.1. The van der Waals surface area contributed by atoms with Gasteiger partial charge in [-0.1, -0.05) is 48.5 Å². The Morgan fingerprint density at radius 1 is 0.769 bits per heavy atom. The number of nitrogens with one attached hydrogen (secondary N) is 1. The lowest BCUT2D eigenvalue weighted by molar-refractivity contribution is 0.598. The second kappa shape index (κ2) is 6.92. The van der Waals surface area contributed by atoms with Gasteiger partial charge in [-0.05, 0) is 24.3 Å². The van der Waals surface area contributed by atoms with Gasteiger partial charge in [-0.15, -0.1) is 12.4 Å². The first-order valence-electron chi connectivity index (χ1n) is 7.70. The van der Waals surface area contributed by atoms with Gasteiger partial charge in [0, 0.05) is 10.8 Å². The number of nitrogens with two attached hydrogens (primary N) is 1. The second-order valence-electron chi connectivity index (χ2n) is 5.69. The molecule has 1 aromatic heterocycles. The molecule has 4 aromatic rings. The highest BCUT2D eigenvalue weighted by atomic mass is 35.5. The molecule has 0 fully saturated rings. The third-order valence-electron chi connectivity index (χ3n) is 4.04. The van der Waals surface area contributed by atoms with Gasteiger partial charge >= 0.3 is 0 Å². The number of benzene rings is 3. The summed E-state index contributed by atoms with van der Waals surface area (Å²) in [5.41, 5.74) is 2.90. The number of para-hydroxylation sites is 3. The summed E-state index contributed by atoms with van der Waals surface area (Å²) in [6.45, 7) is 0. The molecule has 0 saturated carbocycles. The van der Waals surface area contributed by atoms with Crippen LogP contribution < -0.4 is 10.5 Å². The summed E-state index contributed by atoms with van der Waals surface area (Å²) in [6.07, 6.45) is 0. The predicted octanol–water partition coefficient (Wildman–Crippen LogP) is 4.20. The van der Waals surface area contributed by atoms with Gasteiger partial charge in [0.05, 0.1) is 22.4 Å². The van der Waals surface area contributed by atoms with Crippen molar-refractivity contribution >= 4 is 55.6 Å². The van der Waals surface area contributed by atoms with Crippen molar-refractivity contribution < 1.29 is 8.42 Å². The molecule has 0 unspecified atom stereocenters. The van der Waals surface area contributed by atoms with Crippen LogP contribution in [0.25, 0.3) is 21.8 Å². The zero-order valence-corrected chi connectivity index (χ0v) is 15.2. The number of pyridine rings is 1. The van der Waals surface area contributed by atoms with E-state index < -0.39 is 10.0 Å². The van der Waals surface area contributed by atoms with Crippen molar-refractivity contribution in [1.29, 1.82) is 0 Å². The predicted molar refractivity (Wildman–Crippen MR) is 108 cm³/mol. The van der Waals surface area contributed by atoms with Crippen LogP contribution in [-0.4, -0.2) is 13.4 Å². The van der Waals surface area contributed by atoms with Gasteiger partial charge in [-0.3, -0.25) is 0 Å². The van der Waals surface area contributed by atoms with Crippen LogP contribution in [0.2, 0.25) is 0 Å². The molecule has 0 spiro atoms. The van der Waals surface area contributed by atoms with Crippen LogP contribution in [0.4, 0.5) is 11.4 Å². The molecule has 0 radical (unpaired) electrons. The van der Waals surface area contributed by atoms with Crippen molar-refractivity contribution in [3.8, 4) is 0 Å². The molecular weight excluding hydrogens is 370 g/mol. The van der Waals surface area contributed by atoms with E-state index >= 15 is 0 Å². The van der Waals surface area contributed by atoms with Crippen molar-refractivity contribution in [3.05, 3.63) is 72.8 Å². The summed E-state index contributed by atoms with van der Waals surface area (Å²) in [4.78, 5) is 4.72. The third kappa shape index (κ3) is 3.22. The highest BCUT2D eigenvalue weighted by Crippen LogP contribution is 2.34. The Labute approximate surface area is 157 Å². The topological polar surface area (TPSA) is 85.1 Å². The number of hydrogen-bond acceptors (Lipinski definition) is 4.